The van der Waals surface area contributed by atoms with E-state index in [2.05, 4.69) is 45.0 Å². The molecule has 0 aliphatic carbocycles. The number of hydrogen-bond acceptors (Lipinski definition) is 7. The summed E-state index contributed by atoms with van der Waals surface area (Å²) >= 11 is 1.33. The maximum Gasteiger partial charge on any atom is 0.348 e. The van der Waals surface area contributed by atoms with Gasteiger partial charge in [0, 0.05) is 7.05 Å². The maximum absolute atomic E-state index is 12.2. The van der Waals surface area contributed by atoms with E-state index in [1.165, 1.54) is 23.2 Å². The first-order valence-electron chi connectivity index (χ1n) is 9.06. The summed E-state index contributed by atoms with van der Waals surface area (Å²) in [4.78, 5) is 27.0. The van der Waals surface area contributed by atoms with Crippen molar-refractivity contribution in [3.8, 4) is 0 Å². The summed E-state index contributed by atoms with van der Waals surface area (Å²) in [6.07, 6.45) is 1.51. The van der Waals surface area contributed by atoms with E-state index in [1.807, 2.05) is 14.0 Å². The number of esters is 1. The molecule has 0 spiro atoms. The van der Waals surface area contributed by atoms with Crippen molar-refractivity contribution in [1.29, 1.82) is 0 Å². The highest BCUT2D eigenvalue weighted by Crippen LogP contribution is 2.33. The Bertz CT molecular complexity index is 1190. The van der Waals surface area contributed by atoms with Crippen LogP contribution in [0.15, 0.2) is 24.5 Å². The number of imidazole rings is 1. The first kappa shape index (κ1) is 18.4. The third-order valence-electron chi connectivity index (χ3n) is 4.73. The Kier molecular flexibility index (Phi) is 4.72. The SMILES string of the molecule is CCOC(=O)c1sc2ncnc(NCc3nc4cc(C)ccc4n3C)c2c1C. The first-order chi connectivity index (χ1) is 13.5. The summed E-state index contributed by atoms with van der Waals surface area (Å²) < 4.78 is 7.23. The van der Waals surface area contributed by atoms with Gasteiger partial charge < -0.3 is 14.6 Å². The topological polar surface area (TPSA) is 81.9 Å². The number of nitrogens with zero attached hydrogens (tertiary/aromatic N) is 4. The van der Waals surface area contributed by atoms with Crippen molar-refractivity contribution in [2.24, 2.45) is 7.05 Å². The van der Waals surface area contributed by atoms with Gasteiger partial charge in [-0.3, -0.25) is 0 Å². The number of rotatable bonds is 5. The molecule has 8 heteroatoms. The molecule has 1 N–H and O–H groups in total. The van der Waals surface area contributed by atoms with Crippen LogP contribution in [0.2, 0.25) is 0 Å². The Balaban J connectivity index is 1.67. The highest BCUT2D eigenvalue weighted by Gasteiger charge is 2.20. The Morgan fingerprint density at radius 2 is 2.11 bits per heavy atom. The zero-order chi connectivity index (χ0) is 19.8. The van der Waals surface area contributed by atoms with Gasteiger partial charge in [-0.05, 0) is 44.0 Å². The molecule has 3 heterocycles. The molecule has 0 saturated carbocycles. The van der Waals surface area contributed by atoms with Crippen LogP contribution in [0, 0.1) is 13.8 Å². The third kappa shape index (κ3) is 3.09. The fourth-order valence-corrected chi connectivity index (χ4v) is 4.32. The average molecular weight is 395 g/mol. The predicted molar refractivity (Wildman–Crippen MR) is 111 cm³/mol. The standard InChI is InChI=1S/C20H21N5O2S/c1-5-27-20(26)17-12(3)16-18(22-10-23-19(16)28-17)21-9-15-24-13-8-11(2)6-7-14(13)25(15)4/h6-8,10H,5,9H2,1-4H3,(H,21,22,23). The zero-order valence-electron chi connectivity index (χ0n) is 16.2. The zero-order valence-corrected chi connectivity index (χ0v) is 17.1. The van der Waals surface area contributed by atoms with E-state index in [4.69, 9.17) is 9.72 Å². The predicted octanol–water partition coefficient (Wildman–Crippen LogP) is 3.98. The van der Waals surface area contributed by atoms with Gasteiger partial charge in [0.05, 0.1) is 29.6 Å². The normalized spacial score (nSPS) is 11.3. The van der Waals surface area contributed by atoms with Gasteiger partial charge in [-0.25, -0.2) is 19.7 Å². The monoisotopic (exact) mass is 395 g/mol. The van der Waals surface area contributed by atoms with Crippen molar-refractivity contribution in [1.82, 2.24) is 19.5 Å². The minimum absolute atomic E-state index is 0.320. The second-order valence-electron chi connectivity index (χ2n) is 6.61. The molecule has 28 heavy (non-hydrogen) atoms. The second-order valence-corrected chi connectivity index (χ2v) is 7.61. The Morgan fingerprint density at radius 1 is 1.29 bits per heavy atom. The molecule has 0 bridgehead atoms. The van der Waals surface area contributed by atoms with Gasteiger partial charge in [0.25, 0.3) is 0 Å². The molecule has 1 aromatic carbocycles. The lowest BCUT2D eigenvalue weighted by atomic mass is 10.2. The number of aryl methyl sites for hydroxylation is 3. The van der Waals surface area contributed by atoms with Crippen LogP contribution in [-0.2, 0) is 18.3 Å². The lowest BCUT2D eigenvalue weighted by Crippen LogP contribution is -2.08. The number of thiophene rings is 1. The molecular formula is C20H21N5O2S. The van der Waals surface area contributed by atoms with Gasteiger partial charge in [0.2, 0.25) is 0 Å². The molecule has 0 amide bonds. The minimum atomic E-state index is -0.320. The molecule has 0 radical (unpaired) electrons. The summed E-state index contributed by atoms with van der Waals surface area (Å²) in [6.45, 7) is 6.61. The van der Waals surface area contributed by atoms with E-state index in [-0.39, 0.29) is 5.97 Å². The van der Waals surface area contributed by atoms with E-state index in [1.54, 1.807) is 6.92 Å². The molecular weight excluding hydrogens is 374 g/mol. The largest absolute Gasteiger partial charge is 0.462 e. The fraction of sp³-hybridized carbons (Fsp3) is 0.300. The van der Waals surface area contributed by atoms with Crippen molar-refractivity contribution in [2.45, 2.75) is 27.3 Å². The maximum atomic E-state index is 12.2. The highest BCUT2D eigenvalue weighted by atomic mass is 32.1. The van der Waals surface area contributed by atoms with Crippen LogP contribution < -0.4 is 5.32 Å². The highest BCUT2D eigenvalue weighted by molar-refractivity contribution is 7.20. The summed E-state index contributed by atoms with van der Waals surface area (Å²) in [5, 5.41) is 4.22. The first-order valence-corrected chi connectivity index (χ1v) is 9.88. The van der Waals surface area contributed by atoms with Crippen LogP contribution in [-0.4, -0.2) is 32.1 Å². The number of carbonyl (C=O) groups excluding carboxylic acids is 1. The van der Waals surface area contributed by atoms with Crippen LogP contribution >= 0.6 is 11.3 Å². The Hall–Kier alpha value is -3.00. The minimum Gasteiger partial charge on any atom is -0.462 e. The molecule has 4 rings (SSSR count). The van der Waals surface area contributed by atoms with Gasteiger partial charge >= 0.3 is 5.97 Å². The number of benzene rings is 1. The molecule has 144 valence electrons. The molecule has 7 nitrogen and oxygen atoms in total. The summed E-state index contributed by atoms with van der Waals surface area (Å²) in [7, 11) is 2.01. The third-order valence-corrected chi connectivity index (χ3v) is 5.91. The number of aromatic nitrogens is 4. The van der Waals surface area contributed by atoms with E-state index < -0.39 is 0 Å². The number of nitrogens with one attached hydrogen (secondary N) is 1. The van der Waals surface area contributed by atoms with E-state index >= 15 is 0 Å². The molecule has 0 fully saturated rings. The van der Waals surface area contributed by atoms with Crippen molar-refractivity contribution in [3.05, 3.63) is 46.4 Å². The van der Waals surface area contributed by atoms with Gasteiger partial charge in [-0.1, -0.05) is 6.07 Å². The smallest absolute Gasteiger partial charge is 0.348 e. The number of ether oxygens (including phenoxy) is 1. The van der Waals surface area contributed by atoms with Gasteiger partial charge in [-0.15, -0.1) is 11.3 Å². The number of hydrogen-bond donors (Lipinski definition) is 1. The van der Waals surface area contributed by atoms with Crippen molar-refractivity contribution < 1.29 is 9.53 Å². The van der Waals surface area contributed by atoms with Crippen molar-refractivity contribution >= 4 is 44.4 Å². The number of fused-ring (bicyclic) bond motifs is 2. The Labute approximate surface area is 166 Å². The van der Waals surface area contributed by atoms with E-state index in [0.29, 0.717) is 23.8 Å². The summed E-state index contributed by atoms with van der Waals surface area (Å²) in [5.41, 5.74) is 4.08. The quantitative estimate of drug-likeness (QED) is 0.515. The van der Waals surface area contributed by atoms with E-state index in [9.17, 15) is 4.79 Å². The Morgan fingerprint density at radius 3 is 2.89 bits per heavy atom. The van der Waals surface area contributed by atoms with Gasteiger partial charge in [-0.2, -0.15) is 0 Å². The van der Waals surface area contributed by atoms with Crippen LogP contribution in [0.5, 0.6) is 0 Å². The van der Waals surface area contributed by atoms with Crippen LogP contribution in [0.3, 0.4) is 0 Å². The van der Waals surface area contributed by atoms with Gasteiger partial charge in [0.1, 0.15) is 27.7 Å². The number of anilines is 1. The van der Waals surface area contributed by atoms with E-state index in [0.717, 1.165) is 32.6 Å². The molecule has 0 aliphatic rings. The molecule has 4 aromatic rings. The lowest BCUT2D eigenvalue weighted by molar-refractivity contribution is 0.0531. The average Bonchev–Trinajstić information content (AvgIpc) is 3.17. The van der Waals surface area contributed by atoms with Crippen LogP contribution in [0.1, 0.15) is 33.5 Å². The van der Waals surface area contributed by atoms with Crippen molar-refractivity contribution in [3.63, 3.8) is 0 Å². The van der Waals surface area contributed by atoms with Crippen LogP contribution in [0.4, 0.5) is 5.82 Å². The summed E-state index contributed by atoms with van der Waals surface area (Å²) in [5.74, 6) is 1.28. The number of carbonyl (C=O) groups is 1. The molecule has 0 atom stereocenters. The molecule has 0 unspecified atom stereocenters. The molecule has 0 aliphatic heterocycles. The molecule has 0 saturated heterocycles. The summed E-state index contributed by atoms with van der Waals surface area (Å²) in [6, 6.07) is 6.25. The van der Waals surface area contributed by atoms with Gasteiger partial charge in [0.15, 0.2) is 0 Å². The van der Waals surface area contributed by atoms with Crippen LogP contribution in [0.25, 0.3) is 21.3 Å². The second kappa shape index (κ2) is 7.20. The fourth-order valence-electron chi connectivity index (χ4n) is 3.28. The molecule has 3 aromatic heterocycles. The van der Waals surface area contributed by atoms with Crippen molar-refractivity contribution in [2.75, 3.05) is 11.9 Å². The lowest BCUT2D eigenvalue weighted by Gasteiger charge is -2.07.